The Labute approximate surface area is 291 Å². The van der Waals surface area contributed by atoms with Crippen LogP contribution in [0.5, 0.6) is 5.75 Å². The number of aliphatic imine (C=N–C) groups is 1. The van der Waals surface area contributed by atoms with Crippen LogP contribution in [0.25, 0.3) is 0 Å². The molecule has 4 nitrogen and oxygen atoms in total. The van der Waals surface area contributed by atoms with Crippen molar-refractivity contribution in [2.75, 3.05) is 7.11 Å². The van der Waals surface area contributed by atoms with Crippen LogP contribution in [0, 0.1) is 24.7 Å². The van der Waals surface area contributed by atoms with Crippen molar-refractivity contribution in [3.63, 3.8) is 0 Å². The molecule has 0 radical (unpaired) electrons. The SMILES string of the molecule is COC(=O)CC(N=C(c1ccccc1)c1ccccc1)c1cc(C)c2c(c1)CC[C@](C)(CCC[C@H](C)CCC[C@H](C)CCCC(C)C)O2. The molecular formula is C44H61NO3. The molecule has 3 aromatic rings. The summed E-state index contributed by atoms with van der Waals surface area (Å²) in [5, 5.41) is 0. The number of esters is 1. The molecule has 1 heterocycles. The number of rotatable bonds is 18. The number of ether oxygens (including phenoxy) is 2. The van der Waals surface area contributed by atoms with Gasteiger partial charge in [0, 0.05) is 11.1 Å². The first-order chi connectivity index (χ1) is 23.1. The van der Waals surface area contributed by atoms with Gasteiger partial charge in [0.1, 0.15) is 11.4 Å². The zero-order valence-electron chi connectivity index (χ0n) is 30.9. The van der Waals surface area contributed by atoms with E-state index in [4.69, 9.17) is 14.5 Å². The first kappa shape index (κ1) is 37.4. The van der Waals surface area contributed by atoms with Crippen LogP contribution in [0.4, 0.5) is 0 Å². The Balaban J connectivity index is 1.42. The number of benzene rings is 3. The quantitative estimate of drug-likeness (QED) is 0.102. The fraction of sp³-hybridized carbons (Fsp3) is 0.545. The number of carbonyl (C=O) groups excluding carboxylic acids is 1. The van der Waals surface area contributed by atoms with E-state index in [1.54, 1.807) is 0 Å². The molecule has 260 valence electrons. The molecule has 0 aliphatic carbocycles. The lowest BCUT2D eigenvalue weighted by Crippen LogP contribution is -2.36. The van der Waals surface area contributed by atoms with Gasteiger partial charge in [-0.15, -0.1) is 0 Å². The highest BCUT2D eigenvalue weighted by Gasteiger charge is 2.33. The van der Waals surface area contributed by atoms with Crippen LogP contribution in [0.15, 0.2) is 77.8 Å². The van der Waals surface area contributed by atoms with Crippen LogP contribution in [0.2, 0.25) is 0 Å². The van der Waals surface area contributed by atoms with Gasteiger partial charge < -0.3 is 9.47 Å². The van der Waals surface area contributed by atoms with Crippen LogP contribution >= 0.6 is 0 Å². The maximum Gasteiger partial charge on any atom is 0.308 e. The minimum atomic E-state index is -0.380. The molecule has 1 unspecified atom stereocenters. The Morgan fingerprint density at radius 2 is 1.40 bits per heavy atom. The second-order valence-electron chi connectivity index (χ2n) is 15.2. The molecule has 1 aliphatic heterocycles. The smallest absolute Gasteiger partial charge is 0.308 e. The molecule has 4 atom stereocenters. The van der Waals surface area contributed by atoms with Crippen molar-refractivity contribution in [1.82, 2.24) is 0 Å². The van der Waals surface area contributed by atoms with Crippen molar-refractivity contribution in [3.8, 4) is 5.75 Å². The Morgan fingerprint density at radius 3 is 1.96 bits per heavy atom. The van der Waals surface area contributed by atoms with Crippen LogP contribution in [0.1, 0.15) is 139 Å². The first-order valence-electron chi connectivity index (χ1n) is 18.6. The Bertz CT molecular complexity index is 1410. The Kier molecular flexibility index (Phi) is 14.3. The van der Waals surface area contributed by atoms with Crippen molar-refractivity contribution < 1.29 is 14.3 Å². The van der Waals surface area contributed by atoms with Gasteiger partial charge in [0.25, 0.3) is 0 Å². The molecule has 0 saturated heterocycles. The summed E-state index contributed by atoms with van der Waals surface area (Å²) < 4.78 is 12.0. The predicted molar refractivity (Wildman–Crippen MR) is 201 cm³/mol. The lowest BCUT2D eigenvalue weighted by atomic mass is 9.84. The zero-order valence-corrected chi connectivity index (χ0v) is 30.9. The fourth-order valence-corrected chi connectivity index (χ4v) is 7.22. The normalized spacial score (nSPS) is 17.6. The highest BCUT2D eigenvalue weighted by atomic mass is 16.5. The molecule has 0 N–H and O–H groups in total. The molecule has 0 aromatic heterocycles. The van der Waals surface area contributed by atoms with E-state index in [-0.39, 0.29) is 24.0 Å². The minimum absolute atomic E-state index is 0.152. The van der Waals surface area contributed by atoms with Gasteiger partial charge in [0.05, 0.1) is 25.3 Å². The van der Waals surface area contributed by atoms with Crippen molar-refractivity contribution in [1.29, 1.82) is 0 Å². The molecule has 4 rings (SSSR count). The molecule has 0 amide bonds. The van der Waals surface area contributed by atoms with Crippen molar-refractivity contribution >= 4 is 11.7 Å². The topological polar surface area (TPSA) is 47.9 Å². The van der Waals surface area contributed by atoms with Crippen LogP contribution in [0.3, 0.4) is 0 Å². The highest BCUT2D eigenvalue weighted by molar-refractivity contribution is 6.13. The van der Waals surface area contributed by atoms with E-state index in [1.165, 1.54) is 64.0 Å². The van der Waals surface area contributed by atoms with E-state index in [0.29, 0.717) is 0 Å². The average molecular weight is 652 g/mol. The maximum atomic E-state index is 12.7. The van der Waals surface area contributed by atoms with E-state index >= 15 is 0 Å². The number of hydrogen-bond donors (Lipinski definition) is 0. The minimum Gasteiger partial charge on any atom is -0.487 e. The number of methoxy groups -OCH3 is 1. The number of nitrogens with zero attached hydrogens (tertiary/aromatic N) is 1. The Hall–Kier alpha value is -3.40. The molecule has 48 heavy (non-hydrogen) atoms. The van der Waals surface area contributed by atoms with E-state index in [9.17, 15) is 4.79 Å². The van der Waals surface area contributed by atoms with E-state index in [1.807, 2.05) is 36.4 Å². The summed E-state index contributed by atoms with van der Waals surface area (Å²) in [5.74, 6) is 3.19. The third-order valence-corrected chi connectivity index (χ3v) is 10.3. The summed E-state index contributed by atoms with van der Waals surface area (Å²) in [7, 11) is 1.45. The lowest BCUT2D eigenvalue weighted by Gasteiger charge is -2.37. The number of aryl methyl sites for hydroxylation is 2. The zero-order chi connectivity index (χ0) is 34.5. The summed E-state index contributed by atoms with van der Waals surface area (Å²) in [5.41, 5.74) is 6.11. The van der Waals surface area contributed by atoms with Crippen molar-refractivity contribution in [2.45, 2.75) is 130 Å². The maximum absolute atomic E-state index is 12.7. The lowest BCUT2D eigenvalue weighted by molar-refractivity contribution is -0.141. The summed E-state index contributed by atoms with van der Waals surface area (Å²) in [6.07, 6.45) is 13.9. The third kappa shape index (κ3) is 11.3. The monoisotopic (exact) mass is 651 g/mol. The van der Waals surface area contributed by atoms with Gasteiger partial charge in [0.2, 0.25) is 0 Å². The van der Waals surface area contributed by atoms with E-state index in [2.05, 4.69) is 77.9 Å². The second-order valence-corrected chi connectivity index (χ2v) is 15.2. The van der Waals surface area contributed by atoms with Crippen LogP contribution < -0.4 is 4.74 Å². The molecule has 0 fully saturated rings. The molecule has 1 aliphatic rings. The molecular weight excluding hydrogens is 590 g/mol. The Morgan fingerprint density at radius 1 is 0.833 bits per heavy atom. The van der Waals surface area contributed by atoms with Crippen molar-refractivity contribution in [3.05, 3.63) is 101 Å². The average Bonchev–Trinajstić information content (AvgIpc) is 3.07. The largest absolute Gasteiger partial charge is 0.487 e. The first-order valence-corrected chi connectivity index (χ1v) is 18.6. The van der Waals surface area contributed by atoms with Crippen LogP contribution in [-0.4, -0.2) is 24.4 Å². The third-order valence-electron chi connectivity index (χ3n) is 10.3. The van der Waals surface area contributed by atoms with Gasteiger partial charge in [-0.3, -0.25) is 9.79 Å². The number of fused-ring (bicyclic) bond motifs is 1. The summed E-state index contributed by atoms with van der Waals surface area (Å²) in [6.45, 7) is 14.0. The molecule has 3 aromatic carbocycles. The number of carbonyl (C=O) groups is 1. The second kappa shape index (κ2) is 18.4. The van der Waals surface area contributed by atoms with Crippen LogP contribution in [-0.2, 0) is 16.0 Å². The molecule has 0 bridgehead atoms. The van der Waals surface area contributed by atoms with Gasteiger partial charge in [-0.05, 0) is 80.0 Å². The molecule has 0 saturated carbocycles. The van der Waals surface area contributed by atoms with E-state index < -0.39 is 0 Å². The van der Waals surface area contributed by atoms with Gasteiger partial charge in [-0.2, -0.15) is 0 Å². The highest BCUT2D eigenvalue weighted by Crippen LogP contribution is 2.41. The van der Waals surface area contributed by atoms with Gasteiger partial charge in [-0.25, -0.2) is 0 Å². The van der Waals surface area contributed by atoms with Gasteiger partial charge >= 0.3 is 5.97 Å². The summed E-state index contributed by atoms with van der Waals surface area (Å²) >= 11 is 0. The van der Waals surface area contributed by atoms with Crippen molar-refractivity contribution in [2.24, 2.45) is 22.7 Å². The standard InChI is InChI=1S/C44H61NO3/c1-32(2)17-14-18-33(3)19-15-20-34(4)21-16-27-44(6)28-26-38-30-39(29-35(5)43(38)48-44)40(31-41(46)47-7)45-42(36-22-10-8-11-23-36)37-24-12-9-13-25-37/h8-13,22-25,29-30,32-34,40H,14-21,26-28,31H2,1-7H3/t33-,34-,40?,44+/m1/s1. The molecule has 0 spiro atoms. The summed E-state index contributed by atoms with van der Waals surface area (Å²) in [4.78, 5) is 18.0. The summed E-state index contributed by atoms with van der Waals surface area (Å²) in [6, 6.07) is 24.4. The van der Waals surface area contributed by atoms with E-state index in [0.717, 1.165) is 70.7 Å². The fourth-order valence-electron chi connectivity index (χ4n) is 7.22. The van der Waals surface area contributed by atoms with Gasteiger partial charge in [0.15, 0.2) is 0 Å². The predicted octanol–water partition coefficient (Wildman–Crippen LogP) is 11.7. The number of hydrogen-bond acceptors (Lipinski definition) is 4. The van der Waals surface area contributed by atoms with Gasteiger partial charge in [-0.1, -0.05) is 139 Å². The molecule has 4 heteroatoms.